The van der Waals surface area contributed by atoms with Gasteiger partial charge >= 0.3 is 0 Å². The molecule has 1 aromatic carbocycles. The van der Waals surface area contributed by atoms with Crippen molar-refractivity contribution in [1.82, 2.24) is 14.9 Å². The maximum absolute atomic E-state index is 5.25. The summed E-state index contributed by atoms with van der Waals surface area (Å²) in [5.41, 5.74) is 2.43. The number of benzene rings is 1. The Balaban J connectivity index is 1.99. The van der Waals surface area contributed by atoms with Crippen LogP contribution in [0.4, 0.5) is 0 Å². The molecule has 0 fully saturated rings. The van der Waals surface area contributed by atoms with Gasteiger partial charge < -0.3 is 14.6 Å². The van der Waals surface area contributed by atoms with Crippen LogP contribution in [0, 0.1) is 0 Å². The Bertz CT molecular complexity index is 522. The standard InChI is InChI=1S/C15H21N3O/c1-4-18-11-16-9-14(18)10-17-12(2)13-6-5-7-15(8-13)19-3/h5-9,11-12,17H,4,10H2,1-3H3. The monoisotopic (exact) mass is 259 g/mol. The Hall–Kier alpha value is -1.81. The summed E-state index contributed by atoms with van der Waals surface area (Å²) in [5, 5.41) is 3.51. The molecule has 102 valence electrons. The first-order valence-electron chi connectivity index (χ1n) is 6.61. The predicted octanol–water partition coefficient (Wildman–Crippen LogP) is 2.76. The van der Waals surface area contributed by atoms with E-state index in [0.29, 0.717) is 0 Å². The minimum Gasteiger partial charge on any atom is -0.497 e. The van der Waals surface area contributed by atoms with E-state index in [9.17, 15) is 0 Å². The third kappa shape index (κ3) is 3.35. The van der Waals surface area contributed by atoms with Crippen molar-refractivity contribution in [2.24, 2.45) is 0 Å². The quantitative estimate of drug-likeness (QED) is 0.867. The highest BCUT2D eigenvalue weighted by atomic mass is 16.5. The van der Waals surface area contributed by atoms with Gasteiger partial charge in [0.25, 0.3) is 0 Å². The smallest absolute Gasteiger partial charge is 0.119 e. The number of imidazole rings is 1. The molecule has 1 N–H and O–H groups in total. The summed E-state index contributed by atoms with van der Waals surface area (Å²) >= 11 is 0. The van der Waals surface area contributed by atoms with Gasteiger partial charge in [-0.05, 0) is 31.5 Å². The molecule has 0 aliphatic rings. The first kappa shape index (κ1) is 13.6. The number of rotatable bonds is 6. The number of methoxy groups -OCH3 is 1. The van der Waals surface area contributed by atoms with E-state index in [1.54, 1.807) is 7.11 Å². The van der Waals surface area contributed by atoms with Crippen LogP contribution in [0.15, 0.2) is 36.8 Å². The molecule has 0 saturated heterocycles. The van der Waals surface area contributed by atoms with Gasteiger partial charge in [0.1, 0.15) is 5.75 Å². The van der Waals surface area contributed by atoms with Crippen molar-refractivity contribution in [3.63, 3.8) is 0 Å². The molecule has 0 spiro atoms. The van der Waals surface area contributed by atoms with E-state index in [-0.39, 0.29) is 6.04 Å². The number of aryl methyl sites for hydroxylation is 1. The fourth-order valence-electron chi connectivity index (χ4n) is 2.07. The van der Waals surface area contributed by atoms with Crippen molar-refractivity contribution in [2.75, 3.05) is 7.11 Å². The lowest BCUT2D eigenvalue weighted by molar-refractivity contribution is 0.413. The van der Waals surface area contributed by atoms with Gasteiger partial charge in [-0.1, -0.05) is 12.1 Å². The average molecular weight is 259 g/mol. The normalized spacial score (nSPS) is 12.4. The zero-order valence-electron chi connectivity index (χ0n) is 11.8. The molecule has 4 heteroatoms. The van der Waals surface area contributed by atoms with Crippen LogP contribution in [-0.2, 0) is 13.1 Å². The molecular weight excluding hydrogens is 238 g/mol. The summed E-state index contributed by atoms with van der Waals surface area (Å²) in [6.07, 6.45) is 3.78. The van der Waals surface area contributed by atoms with Crippen LogP contribution in [0.5, 0.6) is 5.75 Å². The molecule has 2 aromatic rings. The highest BCUT2D eigenvalue weighted by molar-refractivity contribution is 5.30. The van der Waals surface area contributed by atoms with E-state index in [4.69, 9.17) is 4.74 Å². The second-order valence-electron chi connectivity index (χ2n) is 4.55. The molecule has 0 aliphatic carbocycles. The Kier molecular flexibility index (Phi) is 4.58. The highest BCUT2D eigenvalue weighted by Gasteiger charge is 2.07. The van der Waals surface area contributed by atoms with Crippen LogP contribution in [-0.4, -0.2) is 16.7 Å². The van der Waals surface area contributed by atoms with Gasteiger partial charge in [-0.25, -0.2) is 4.98 Å². The lowest BCUT2D eigenvalue weighted by Crippen LogP contribution is -2.19. The summed E-state index contributed by atoms with van der Waals surface area (Å²) in [6, 6.07) is 8.42. The minimum absolute atomic E-state index is 0.273. The summed E-state index contributed by atoms with van der Waals surface area (Å²) in [6.45, 7) is 6.04. The van der Waals surface area contributed by atoms with Crippen molar-refractivity contribution in [3.05, 3.63) is 48.0 Å². The van der Waals surface area contributed by atoms with Gasteiger partial charge in [0.05, 0.1) is 19.1 Å². The third-order valence-corrected chi connectivity index (χ3v) is 3.32. The second-order valence-corrected chi connectivity index (χ2v) is 4.55. The van der Waals surface area contributed by atoms with Crippen LogP contribution in [0.2, 0.25) is 0 Å². The number of nitrogens with zero attached hydrogens (tertiary/aromatic N) is 2. The topological polar surface area (TPSA) is 39.1 Å². The first-order chi connectivity index (χ1) is 9.24. The van der Waals surface area contributed by atoms with Gasteiger partial charge in [0, 0.05) is 25.3 Å². The molecule has 2 rings (SSSR count). The second kappa shape index (κ2) is 6.38. The van der Waals surface area contributed by atoms with E-state index in [0.717, 1.165) is 18.8 Å². The van der Waals surface area contributed by atoms with E-state index in [1.807, 2.05) is 24.7 Å². The van der Waals surface area contributed by atoms with Crippen LogP contribution >= 0.6 is 0 Å². The highest BCUT2D eigenvalue weighted by Crippen LogP contribution is 2.19. The summed E-state index contributed by atoms with van der Waals surface area (Å²) in [7, 11) is 1.69. The van der Waals surface area contributed by atoms with E-state index < -0.39 is 0 Å². The summed E-state index contributed by atoms with van der Waals surface area (Å²) in [4.78, 5) is 4.17. The number of hydrogen-bond acceptors (Lipinski definition) is 3. The molecule has 1 unspecified atom stereocenters. The van der Waals surface area contributed by atoms with Crippen molar-refractivity contribution in [2.45, 2.75) is 33.0 Å². The van der Waals surface area contributed by atoms with E-state index in [2.05, 4.69) is 40.8 Å². The largest absolute Gasteiger partial charge is 0.497 e. The third-order valence-electron chi connectivity index (χ3n) is 3.32. The average Bonchev–Trinajstić information content (AvgIpc) is 2.92. The molecule has 1 atom stereocenters. The van der Waals surface area contributed by atoms with Crippen molar-refractivity contribution < 1.29 is 4.74 Å². The maximum Gasteiger partial charge on any atom is 0.119 e. The molecule has 4 nitrogen and oxygen atoms in total. The van der Waals surface area contributed by atoms with Crippen molar-refractivity contribution >= 4 is 0 Å². The lowest BCUT2D eigenvalue weighted by Gasteiger charge is -2.15. The van der Waals surface area contributed by atoms with Crippen molar-refractivity contribution in [3.8, 4) is 5.75 Å². The minimum atomic E-state index is 0.273. The van der Waals surface area contributed by atoms with Gasteiger partial charge in [-0.2, -0.15) is 0 Å². The van der Waals surface area contributed by atoms with Gasteiger partial charge in [0.15, 0.2) is 0 Å². The van der Waals surface area contributed by atoms with Crippen LogP contribution in [0.1, 0.15) is 31.1 Å². The lowest BCUT2D eigenvalue weighted by atomic mass is 10.1. The van der Waals surface area contributed by atoms with Gasteiger partial charge in [-0.3, -0.25) is 0 Å². The molecular formula is C15H21N3O. The Morgan fingerprint density at radius 2 is 2.26 bits per heavy atom. The van der Waals surface area contributed by atoms with Crippen LogP contribution in [0.3, 0.4) is 0 Å². The Morgan fingerprint density at radius 1 is 1.42 bits per heavy atom. The molecule has 0 saturated carbocycles. The molecule has 0 radical (unpaired) electrons. The van der Waals surface area contributed by atoms with E-state index >= 15 is 0 Å². The van der Waals surface area contributed by atoms with Crippen LogP contribution < -0.4 is 10.1 Å². The Labute approximate surface area is 114 Å². The molecule has 1 aromatic heterocycles. The molecule has 0 bridgehead atoms. The summed E-state index contributed by atoms with van der Waals surface area (Å²) < 4.78 is 7.39. The van der Waals surface area contributed by atoms with Gasteiger partial charge in [0.2, 0.25) is 0 Å². The van der Waals surface area contributed by atoms with Crippen LogP contribution in [0.25, 0.3) is 0 Å². The Morgan fingerprint density at radius 3 is 3.00 bits per heavy atom. The molecule has 19 heavy (non-hydrogen) atoms. The molecule has 0 aliphatic heterocycles. The van der Waals surface area contributed by atoms with Crippen molar-refractivity contribution in [1.29, 1.82) is 0 Å². The number of nitrogens with one attached hydrogen (secondary N) is 1. The fourth-order valence-corrected chi connectivity index (χ4v) is 2.07. The number of hydrogen-bond donors (Lipinski definition) is 1. The summed E-state index contributed by atoms with van der Waals surface area (Å²) in [5.74, 6) is 0.893. The number of ether oxygens (including phenoxy) is 1. The SMILES string of the molecule is CCn1cncc1CNC(C)c1cccc(OC)c1. The predicted molar refractivity (Wildman–Crippen MR) is 76.1 cm³/mol. The maximum atomic E-state index is 5.25. The van der Waals surface area contributed by atoms with Gasteiger partial charge in [-0.15, -0.1) is 0 Å². The first-order valence-corrected chi connectivity index (χ1v) is 6.61. The zero-order chi connectivity index (χ0) is 13.7. The number of aromatic nitrogens is 2. The molecule has 0 amide bonds. The molecule has 1 heterocycles. The van der Waals surface area contributed by atoms with E-state index in [1.165, 1.54) is 11.3 Å². The zero-order valence-corrected chi connectivity index (χ0v) is 11.8. The fraction of sp³-hybridized carbons (Fsp3) is 0.400.